The van der Waals surface area contributed by atoms with Gasteiger partial charge in [0.25, 0.3) is 0 Å². The predicted molar refractivity (Wildman–Crippen MR) is 64.8 cm³/mol. The first-order chi connectivity index (χ1) is 8.70. The fourth-order valence-electron chi connectivity index (χ4n) is 2.46. The van der Waals surface area contributed by atoms with Gasteiger partial charge in [0, 0.05) is 0 Å². The molecule has 18 heavy (non-hydrogen) atoms. The number of nitrogen functional groups attached to an aromatic ring is 1. The molecule has 0 bridgehead atoms. The Hall–Kier alpha value is -1.70. The van der Waals surface area contributed by atoms with Crippen molar-refractivity contribution in [2.24, 2.45) is 0 Å². The largest absolute Gasteiger partial charge is 0.395 e. The van der Waals surface area contributed by atoms with Gasteiger partial charge in [0.1, 0.15) is 11.8 Å². The Bertz CT molecular complexity index is 570. The lowest BCUT2D eigenvalue weighted by Crippen LogP contribution is -2.34. The van der Waals surface area contributed by atoms with Gasteiger partial charge < -0.3 is 21.3 Å². The van der Waals surface area contributed by atoms with E-state index in [2.05, 4.69) is 15.4 Å². The maximum absolute atomic E-state index is 9.80. The minimum absolute atomic E-state index is 0.0473. The van der Waals surface area contributed by atoms with Crippen molar-refractivity contribution >= 4 is 11.3 Å². The number of hydrogen-bond donors (Lipinski definition) is 4. The molecular formula is C11H15N5O2. The van der Waals surface area contributed by atoms with Crippen LogP contribution in [0.5, 0.6) is 0 Å². The van der Waals surface area contributed by atoms with Crippen LogP contribution < -0.4 is 11.1 Å². The highest BCUT2D eigenvalue weighted by Gasteiger charge is 2.34. The number of fused-ring (bicyclic) bond motifs is 1. The fraction of sp³-hybridized carbons (Fsp3) is 0.455. The number of aliphatic hydroxyl groups excluding tert-OH is 2. The zero-order valence-electron chi connectivity index (χ0n) is 9.69. The molecule has 7 nitrogen and oxygen atoms in total. The number of nitrogens with two attached hydrogens (primary N) is 1. The number of nitrogens with one attached hydrogen (secondary N) is 1. The molecule has 0 unspecified atom stereocenters. The lowest BCUT2D eigenvalue weighted by molar-refractivity contribution is 0.121. The van der Waals surface area contributed by atoms with Crippen LogP contribution in [-0.4, -0.2) is 43.6 Å². The summed E-state index contributed by atoms with van der Waals surface area (Å²) in [5.41, 5.74) is 7.42. The molecule has 1 aliphatic rings. The summed E-state index contributed by atoms with van der Waals surface area (Å²) in [6.07, 6.45) is 1.40. The Morgan fingerprint density at radius 1 is 1.50 bits per heavy atom. The summed E-state index contributed by atoms with van der Waals surface area (Å²) in [4.78, 5) is 3.93. The second kappa shape index (κ2) is 4.20. The van der Waals surface area contributed by atoms with Crippen molar-refractivity contribution in [3.05, 3.63) is 24.2 Å². The van der Waals surface area contributed by atoms with E-state index in [1.807, 2.05) is 12.1 Å². The number of aliphatic hydroxyl groups is 2. The highest BCUT2D eigenvalue weighted by Crippen LogP contribution is 2.28. The van der Waals surface area contributed by atoms with Crippen LogP contribution in [0.3, 0.4) is 0 Å². The maximum atomic E-state index is 9.80. The highest BCUT2D eigenvalue weighted by molar-refractivity contribution is 5.65. The minimum Gasteiger partial charge on any atom is -0.395 e. The van der Waals surface area contributed by atoms with Gasteiger partial charge in [0.05, 0.1) is 30.5 Å². The molecule has 0 amide bonds. The first-order valence-electron chi connectivity index (χ1n) is 5.84. The third-order valence-corrected chi connectivity index (χ3v) is 3.42. The lowest BCUT2D eigenvalue weighted by atomic mass is 10.1. The van der Waals surface area contributed by atoms with Gasteiger partial charge in [-0.2, -0.15) is 5.10 Å². The van der Waals surface area contributed by atoms with Crippen molar-refractivity contribution < 1.29 is 10.2 Å². The predicted octanol–water partition coefficient (Wildman–Crippen LogP) is -0.932. The van der Waals surface area contributed by atoms with E-state index in [9.17, 15) is 5.11 Å². The van der Waals surface area contributed by atoms with E-state index in [1.54, 1.807) is 4.52 Å². The van der Waals surface area contributed by atoms with Gasteiger partial charge in [-0.1, -0.05) is 0 Å². The lowest BCUT2D eigenvalue weighted by Gasteiger charge is -2.12. The smallest absolute Gasteiger partial charge is 0.151 e. The van der Waals surface area contributed by atoms with Crippen LogP contribution in [0.15, 0.2) is 18.5 Å². The molecule has 3 atom stereocenters. The van der Waals surface area contributed by atoms with E-state index in [1.165, 1.54) is 6.33 Å². The molecule has 3 rings (SSSR count). The average Bonchev–Trinajstić information content (AvgIpc) is 2.93. The summed E-state index contributed by atoms with van der Waals surface area (Å²) < 4.78 is 1.71. The van der Waals surface area contributed by atoms with Crippen molar-refractivity contribution in [3.63, 3.8) is 0 Å². The van der Waals surface area contributed by atoms with E-state index in [-0.39, 0.29) is 18.7 Å². The fourth-order valence-corrected chi connectivity index (χ4v) is 2.46. The summed E-state index contributed by atoms with van der Waals surface area (Å²) >= 11 is 0. The van der Waals surface area contributed by atoms with Crippen molar-refractivity contribution in [1.82, 2.24) is 19.9 Å². The van der Waals surface area contributed by atoms with Gasteiger partial charge in [-0.05, 0) is 18.6 Å². The van der Waals surface area contributed by atoms with Gasteiger partial charge in [-0.3, -0.25) is 0 Å². The van der Waals surface area contributed by atoms with Crippen LogP contribution in [0, 0.1) is 0 Å². The second-order valence-corrected chi connectivity index (χ2v) is 4.51. The maximum Gasteiger partial charge on any atom is 0.151 e. The topological polar surface area (TPSA) is 109 Å². The zero-order valence-corrected chi connectivity index (χ0v) is 9.69. The molecular weight excluding hydrogens is 234 g/mol. The van der Waals surface area contributed by atoms with Crippen LogP contribution in [0.25, 0.3) is 5.52 Å². The van der Waals surface area contributed by atoms with Crippen molar-refractivity contribution in [2.45, 2.75) is 24.6 Å². The van der Waals surface area contributed by atoms with Crippen LogP contribution in [0.1, 0.15) is 18.2 Å². The normalized spacial score (nSPS) is 28.0. The van der Waals surface area contributed by atoms with E-state index in [4.69, 9.17) is 10.8 Å². The Kier molecular flexibility index (Phi) is 2.66. The van der Waals surface area contributed by atoms with E-state index in [0.29, 0.717) is 12.2 Å². The van der Waals surface area contributed by atoms with Crippen LogP contribution in [0.2, 0.25) is 0 Å². The highest BCUT2D eigenvalue weighted by atomic mass is 16.3. The molecule has 1 fully saturated rings. The second-order valence-electron chi connectivity index (χ2n) is 4.51. The molecule has 0 saturated carbocycles. The number of nitrogens with zero attached hydrogens (tertiary/aromatic N) is 3. The van der Waals surface area contributed by atoms with Gasteiger partial charge >= 0.3 is 0 Å². The summed E-state index contributed by atoms with van der Waals surface area (Å²) in [7, 11) is 0. The monoisotopic (exact) mass is 249 g/mol. The van der Waals surface area contributed by atoms with Gasteiger partial charge in [-0.25, -0.2) is 9.50 Å². The minimum atomic E-state index is -0.551. The number of aromatic nitrogens is 3. The third kappa shape index (κ3) is 1.64. The number of anilines is 1. The Morgan fingerprint density at radius 3 is 3.06 bits per heavy atom. The molecule has 5 N–H and O–H groups in total. The van der Waals surface area contributed by atoms with Crippen LogP contribution in [0.4, 0.5) is 5.82 Å². The molecule has 0 aromatic carbocycles. The summed E-state index contributed by atoms with van der Waals surface area (Å²) in [5.74, 6) is 0.425. The Morgan fingerprint density at radius 2 is 2.33 bits per heavy atom. The Labute approximate surface area is 103 Å². The van der Waals surface area contributed by atoms with E-state index >= 15 is 0 Å². The molecule has 0 radical (unpaired) electrons. The molecule has 2 aromatic rings. The molecule has 7 heteroatoms. The number of hydrogen-bond acceptors (Lipinski definition) is 6. The molecule has 2 aromatic heterocycles. The quantitative estimate of drug-likeness (QED) is 0.547. The van der Waals surface area contributed by atoms with E-state index in [0.717, 1.165) is 11.2 Å². The third-order valence-electron chi connectivity index (χ3n) is 3.42. The SMILES string of the molecule is Nc1ncnn2c([C@H]3C[C@H](O)[C@@H](CO)N3)ccc12. The van der Waals surface area contributed by atoms with Crippen molar-refractivity contribution in [1.29, 1.82) is 0 Å². The summed E-state index contributed by atoms with van der Waals surface area (Å²) in [6, 6.07) is 3.42. The average molecular weight is 249 g/mol. The first-order valence-corrected chi connectivity index (χ1v) is 5.84. The molecule has 1 saturated heterocycles. The van der Waals surface area contributed by atoms with Crippen LogP contribution in [-0.2, 0) is 0 Å². The van der Waals surface area contributed by atoms with Gasteiger partial charge in [0.2, 0.25) is 0 Å². The summed E-state index contributed by atoms with van der Waals surface area (Å²) in [6.45, 7) is -0.0852. The molecule has 96 valence electrons. The van der Waals surface area contributed by atoms with Crippen LogP contribution >= 0.6 is 0 Å². The molecule has 3 heterocycles. The Balaban J connectivity index is 1.99. The number of rotatable bonds is 2. The molecule has 0 aliphatic carbocycles. The molecule has 0 spiro atoms. The van der Waals surface area contributed by atoms with Gasteiger partial charge in [0.15, 0.2) is 5.82 Å². The standard InChI is InChI=1S/C11H15N5O2/c12-11-9-2-1-8(16(9)14-5-13-11)6-3-10(18)7(4-17)15-6/h1-2,5-7,10,15,17-18H,3-4H2,(H2,12,13,14)/t6-,7-,10+/m1/s1. The zero-order chi connectivity index (χ0) is 12.7. The molecule has 1 aliphatic heterocycles. The van der Waals surface area contributed by atoms with Gasteiger partial charge in [-0.15, -0.1) is 0 Å². The first kappa shape index (κ1) is 11.4. The summed E-state index contributed by atoms with van der Waals surface area (Å²) in [5, 5.41) is 26.3. The van der Waals surface area contributed by atoms with Crippen molar-refractivity contribution in [2.75, 3.05) is 12.3 Å². The van der Waals surface area contributed by atoms with E-state index < -0.39 is 6.10 Å². The van der Waals surface area contributed by atoms with Crippen molar-refractivity contribution in [3.8, 4) is 0 Å².